The Morgan fingerprint density at radius 3 is 2.77 bits per heavy atom. The van der Waals surface area contributed by atoms with Gasteiger partial charge in [0.25, 0.3) is 0 Å². The van der Waals surface area contributed by atoms with Crippen LogP contribution in [0.5, 0.6) is 5.75 Å². The zero-order valence-corrected chi connectivity index (χ0v) is 22.5. The number of halogens is 2. The molecule has 11 heteroatoms. The minimum atomic E-state index is -1.88. The van der Waals surface area contributed by atoms with E-state index in [1.165, 1.54) is 18.3 Å². The fraction of sp³-hybridized carbons (Fsp3) is 0.143. The number of furan rings is 1. The summed E-state index contributed by atoms with van der Waals surface area (Å²) in [6.07, 6.45) is 1.52. The minimum absolute atomic E-state index is 0.0629. The zero-order chi connectivity index (χ0) is 27.8. The Balaban J connectivity index is 1.51. The number of amidine groups is 1. The summed E-state index contributed by atoms with van der Waals surface area (Å²) in [6.45, 7) is 0.391. The highest BCUT2D eigenvalue weighted by atomic mass is 35.5. The molecule has 1 atom stereocenters. The van der Waals surface area contributed by atoms with Crippen LogP contribution in [0.15, 0.2) is 87.2 Å². The SMILES string of the molecule is CNc1ccc(-c2ccc(C=NCCS(=O)O)o2)cc1C(N)=Nc1ccc(OCc2cccc(F)c2)c(Cl)c1. The number of aliphatic imine (C=N–C) groups is 2. The molecule has 0 spiro atoms. The van der Waals surface area contributed by atoms with Crippen molar-refractivity contribution >= 4 is 46.1 Å². The summed E-state index contributed by atoms with van der Waals surface area (Å²) >= 11 is 4.53. The molecule has 0 aliphatic heterocycles. The first-order valence-electron chi connectivity index (χ1n) is 11.8. The average Bonchev–Trinajstić information content (AvgIpc) is 3.39. The van der Waals surface area contributed by atoms with Crippen molar-refractivity contribution < 1.29 is 22.3 Å². The third kappa shape index (κ3) is 7.76. The Hall–Kier alpha value is -3.99. The summed E-state index contributed by atoms with van der Waals surface area (Å²) in [7, 11) is 1.79. The topological polar surface area (TPSA) is 122 Å². The summed E-state index contributed by atoms with van der Waals surface area (Å²) in [4.78, 5) is 8.64. The first-order chi connectivity index (χ1) is 18.8. The van der Waals surface area contributed by atoms with Gasteiger partial charge >= 0.3 is 0 Å². The number of nitrogens with zero attached hydrogens (tertiary/aromatic N) is 2. The van der Waals surface area contributed by atoms with E-state index in [0.717, 1.165) is 11.3 Å². The van der Waals surface area contributed by atoms with E-state index in [-0.39, 0.29) is 30.6 Å². The van der Waals surface area contributed by atoms with Crippen LogP contribution in [0.4, 0.5) is 15.8 Å². The predicted molar refractivity (Wildman–Crippen MR) is 154 cm³/mol. The molecular formula is C28H26ClFN4O4S. The van der Waals surface area contributed by atoms with Gasteiger partial charge in [0.05, 0.1) is 29.2 Å². The molecule has 0 aliphatic rings. The van der Waals surface area contributed by atoms with Crippen molar-refractivity contribution in [2.75, 3.05) is 24.7 Å². The quantitative estimate of drug-likeness (QED) is 0.115. The molecule has 0 radical (unpaired) electrons. The van der Waals surface area contributed by atoms with Gasteiger partial charge in [-0.25, -0.2) is 13.6 Å². The van der Waals surface area contributed by atoms with Crippen molar-refractivity contribution in [2.24, 2.45) is 15.7 Å². The molecule has 0 bridgehead atoms. The number of ether oxygens (including phenoxy) is 1. The minimum Gasteiger partial charge on any atom is -0.487 e. The Kier molecular flexibility index (Phi) is 9.48. The fourth-order valence-electron chi connectivity index (χ4n) is 3.65. The van der Waals surface area contributed by atoms with Crippen LogP contribution in [0.25, 0.3) is 11.3 Å². The van der Waals surface area contributed by atoms with E-state index in [9.17, 15) is 8.60 Å². The molecule has 0 fully saturated rings. The molecule has 0 saturated heterocycles. The second-order valence-electron chi connectivity index (χ2n) is 8.30. The van der Waals surface area contributed by atoms with Gasteiger partial charge in [0.2, 0.25) is 0 Å². The summed E-state index contributed by atoms with van der Waals surface area (Å²) < 4.78 is 44.6. The second-order valence-corrected chi connectivity index (χ2v) is 9.76. The largest absolute Gasteiger partial charge is 0.487 e. The van der Waals surface area contributed by atoms with E-state index in [4.69, 9.17) is 31.0 Å². The van der Waals surface area contributed by atoms with E-state index in [1.807, 2.05) is 18.2 Å². The monoisotopic (exact) mass is 568 g/mol. The number of rotatable bonds is 11. The molecule has 4 rings (SSSR count). The van der Waals surface area contributed by atoms with Crippen molar-refractivity contribution in [3.63, 3.8) is 0 Å². The standard InChI is InChI=1S/C28H26ClFN4O4S/c1-32-25-8-5-19(26-10-7-22(38-26)16-33-11-12-39(35)36)14-23(25)28(31)34-21-6-9-27(24(29)15-21)37-17-18-3-2-4-20(30)13-18/h2-10,13-16,32H,11-12,17H2,1H3,(H2,31,34)(H,35,36). The van der Waals surface area contributed by atoms with E-state index >= 15 is 0 Å². The van der Waals surface area contributed by atoms with Gasteiger partial charge < -0.3 is 24.8 Å². The Morgan fingerprint density at radius 1 is 1.18 bits per heavy atom. The number of hydrogen-bond donors (Lipinski definition) is 3. The molecule has 0 aliphatic carbocycles. The molecule has 202 valence electrons. The number of nitrogens with two attached hydrogens (primary N) is 1. The number of nitrogens with one attached hydrogen (secondary N) is 1. The van der Waals surface area contributed by atoms with Crippen LogP contribution in [0.1, 0.15) is 16.9 Å². The number of anilines is 1. The lowest BCUT2D eigenvalue weighted by Gasteiger charge is -2.11. The lowest BCUT2D eigenvalue weighted by atomic mass is 10.1. The van der Waals surface area contributed by atoms with Crippen LogP contribution in [0.3, 0.4) is 0 Å². The lowest BCUT2D eigenvalue weighted by molar-refractivity contribution is 0.306. The van der Waals surface area contributed by atoms with Crippen LogP contribution in [0.2, 0.25) is 5.02 Å². The van der Waals surface area contributed by atoms with Crippen molar-refractivity contribution in [1.82, 2.24) is 0 Å². The molecule has 0 saturated carbocycles. The molecule has 8 nitrogen and oxygen atoms in total. The van der Waals surface area contributed by atoms with Gasteiger partial charge in [-0.05, 0) is 66.2 Å². The maximum absolute atomic E-state index is 13.4. The van der Waals surface area contributed by atoms with E-state index < -0.39 is 11.1 Å². The molecule has 4 aromatic rings. The highest BCUT2D eigenvalue weighted by Gasteiger charge is 2.12. The average molecular weight is 569 g/mol. The van der Waals surface area contributed by atoms with Gasteiger partial charge in [0.1, 0.15) is 35.5 Å². The third-order valence-electron chi connectivity index (χ3n) is 5.54. The molecule has 39 heavy (non-hydrogen) atoms. The van der Waals surface area contributed by atoms with Crippen LogP contribution in [-0.2, 0) is 17.7 Å². The Labute approximate surface area is 232 Å². The fourth-order valence-corrected chi connectivity index (χ4v) is 4.14. The molecule has 1 unspecified atom stereocenters. The molecule has 0 amide bonds. The van der Waals surface area contributed by atoms with Crippen molar-refractivity contribution in [3.05, 3.63) is 101 Å². The first kappa shape index (κ1) is 28.0. The highest BCUT2D eigenvalue weighted by molar-refractivity contribution is 7.79. The van der Waals surface area contributed by atoms with Crippen LogP contribution >= 0.6 is 11.6 Å². The summed E-state index contributed by atoms with van der Waals surface area (Å²) in [6, 6.07) is 20.4. The first-order valence-corrected chi connectivity index (χ1v) is 13.5. The van der Waals surface area contributed by atoms with Crippen molar-refractivity contribution in [1.29, 1.82) is 0 Å². The number of hydrogen-bond acceptors (Lipinski definition) is 6. The van der Waals surface area contributed by atoms with Crippen LogP contribution in [-0.4, -0.2) is 40.2 Å². The van der Waals surface area contributed by atoms with Gasteiger partial charge in [-0.3, -0.25) is 4.99 Å². The Bertz CT molecular complexity index is 1540. The van der Waals surface area contributed by atoms with E-state index in [1.54, 1.807) is 49.5 Å². The highest BCUT2D eigenvalue weighted by Crippen LogP contribution is 2.31. The second kappa shape index (κ2) is 13.2. The normalized spacial score (nSPS) is 12.6. The van der Waals surface area contributed by atoms with E-state index in [0.29, 0.717) is 39.1 Å². The molecule has 1 aromatic heterocycles. The van der Waals surface area contributed by atoms with Crippen LogP contribution < -0.4 is 15.8 Å². The summed E-state index contributed by atoms with van der Waals surface area (Å²) in [5.74, 6) is 1.55. The smallest absolute Gasteiger partial charge is 0.154 e. The van der Waals surface area contributed by atoms with Gasteiger partial charge in [-0.2, -0.15) is 0 Å². The van der Waals surface area contributed by atoms with Crippen molar-refractivity contribution in [2.45, 2.75) is 6.61 Å². The van der Waals surface area contributed by atoms with Crippen molar-refractivity contribution in [3.8, 4) is 17.1 Å². The molecule has 1 heterocycles. The maximum atomic E-state index is 13.4. The van der Waals surface area contributed by atoms with Gasteiger partial charge in [0.15, 0.2) is 11.1 Å². The van der Waals surface area contributed by atoms with Gasteiger partial charge in [-0.1, -0.05) is 23.7 Å². The molecular weight excluding hydrogens is 543 g/mol. The van der Waals surface area contributed by atoms with Gasteiger partial charge in [-0.15, -0.1) is 0 Å². The number of benzene rings is 3. The molecule has 3 aromatic carbocycles. The zero-order valence-electron chi connectivity index (χ0n) is 20.9. The summed E-state index contributed by atoms with van der Waals surface area (Å²) in [5, 5.41) is 3.46. The third-order valence-corrected chi connectivity index (χ3v) is 6.37. The predicted octanol–water partition coefficient (Wildman–Crippen LogP) is 6.04. The Morgan fingerprint density at radius 2 is 2.03 bits per heavy atom. The van der Waals surface area contributed by atoms with Crippen LogP contribution in [0, 0.1) is 5.82 Å². The van der Waals surface area contributed by atoms with E-state index in [2.05, 4.69) is 15.3 Å². The lowest BCUT2D eigenvalue weighted by Crippen LogP contribution is -2.15. The van der Waals surface area contributed by atoms with Gasteiger partial charge in [0, 0.05) is 23.9 Å². The maximum Gasteiger partial charge on any atom is 0.154 e. The molecule has 4 N–H and O–H groups in total. The summed E-state index contributed by atoms with van der Waals surface area (Å²) in [5.41, 5.74) is 9.83.